The predicted octanol–water partition coefficient (Wildman–Crippen LogP) is 3.86. The van der Waals surface area contributed by atoms with Gasteiger partial charge in [-0.2, -0.15) is 0 Å². The summed E-state index contributed by atoms with van der Waals surface area (Å²) >= 11 is 1.73. The molecule has 2 rings (SSSR count). The number of aryl methyl sites for hydroxylation is 2. The highest BCUT2D eigenvalue weighted by Crippen LogP contribution is 2.31. The van der Waals surface area contributed by atoms with Crippen molar-refractivity contribution >= 4 is 17.1 Å². The Balaban J connectivity index is 2.06. The SMILES string of the molecule is CCC(C)CC(=O)c1cc2c(s1)CCC2. The number of fused-ring (bicyclic) bond motifs is 1. The molecule has 1 aromatic rings. The number of thiophene rings is 1. The molecule has 0 aromatic carbocycles. The Hall–Kier alpha value is -0.630. The molecule has 0 bridgehead atoms. The zero-order valence-electron chi connectivity index (χ0n) is 9.51. The monoisotopic (exact) mass is 222 g/mol. The molecule has 1 aromatic heterocycles. The van der Waals surface area contributed by atoms with Crippen molar-refractivity contribution in [2.45, 2.75) is 46.0 Å². The van der Waals surface area contributed by atoms with E-state index < -0.39 is 0 Å². The summed E-state index contributed by atoms with van der Waals surface area (Å²) in [6.45, 7) is 4.30. The second kappa shape index (κ2) is 4.48. The highest BCUT2D eigenvalue weighted by atomic mass is 32.1. The highest BCUT2D eigenvalue weighted by Gasteiger charge is 2.19. The zero-order chi connectivity index (χ0) is 10.8. The lowest BCUT2D eigenvalue weighted by Crippen LogP contribution is -2.03. The maximum Gasteiger partial charge on any atom is 0.173 e. The highest BCUT2D eigenvalue weighted by molar-refractivity contribution is 7.14. The molecule has 0 fully saturated rings. The molecule has 0 aliphatic heterocycles. The summed E-state index contributed by atoms with van der Waals surface area (Å²) < 4.78 is 0. The molecular weight excluding hydrogens is 204 g/mol. The fourth-order valence-electron chi connectivity index (χ4n) is 2.03. The Morgan fingerprint density at radius 3 is 3.00 bits per heavy atom. The Morgan fingerprint density at radius 1 is 1.53 bits per heavy atom. The van der Waals surface area contributed by atoms with E-state index in [-0.39, 0.29) is 0 Å². The summed E-state index contributed by atoms with van der Waals surface area (Å²) in [5, 5.41) is 0. The van der Waals surface area contributed by atoms with Crippen LogP contribution in [-0.4, -0.2) is 5.78 Å². The maximum atomic E-state index is 11.9. The van der Waals surface area contributed by atoms with Crippen molar-refractivity contribution in [1.29, 1.82) is 0 Å². The Labute approximate surface area is 95.5 Å². The molecular formula is C13H18OS. The topological polar surface area (TPSA) is 17.1 Å². The second-order valence-corrected chi connectivity index (χ2v) is 5.69. The van der Waals surface area contributed by atoms with E-state index in [1.54, 1.807) is 11.3 Å². The van der Waals surface area contributed by atoms with Gasteiger partial charge in [0.25, 0.3) is 0 Å². The first-order chi connectivity index (χ1) is 7.20. The number of carbonyl (C=O) groups is 1. The van der Waals surface area contributed by atoms with Crippen molar-refractivity contribution in [3.8, 4) is 0 Å². The van der Waals surface area contributed by atoms with Gasteiger partial charge in [0, 0.05) is 11.3 Å². The first-order valence-electron chi connectivity index (χ1n) is 5.85. The lowest BCUT2D eigenvalue weighted by Gasteiger charge is -2.05. The molecule has 0 radical (unpaired) electrons. The minimum absolute atomic E-state index is 0.351. The summed E-state index contributed by atoms with van der Waals surface area (Å²) in [6, 6.07) is 2.14. The first-order valence-corrected chi connectivity index (χ1v) is 6.67. The predicted molar refractivity (Wildman–Crippen MR) is 64.7 cm³/mol. The number of carbonyl (C=O) groups excluding carboxylic acids is 1. The fraction of sp³-hybridized carbons (Fsp3) is 0.615. The van der Waals surface area contributed by atoms with Gasteiger partial charge in [0.1, 0.15) is 0 Å². The average molecular weight is 222 g/mol. The van der Waals surface area contributed by atoms with E-state index in [9.17, 15) is 4.79 Å². The molecule has 1 aliphatic rings. The smallest absolute Gasteiger partial charge is 0.173 e. The molecule has 1 atom stereocenters. The van der Waals surface area contributed by atoms with Crippen molar-refractivity contribution < 1.29 is 4.79 Å². The number of hydrogen-bond donors (Lipinski definition) is 0. The number of rotatable bonds is 4. The van der Waals surface area contributed by atoms with E-state index in [0.717, 1.165) is 17.7 Å². The Morgan fingerprint density at radius 2 is 2.33 bits per heavy atom. The van der Waals surface area contributed by atoms with Crippen LogP contribution in [-0.2, 0) is 12.8 Å². The second-order valence-electron chi connectivity index (χ2n) is 4.55. The zero-order valence-corrected chi connectivity index (χ0v) is 10.3. The molecule has 0 amide bonds. The summed E-state index contributed by atoms with van der Waals surface area (Å²) in [5.41, 5.74) is 1.44. The van der Waals surface area contributed by atoms with Gasteiger partial charge in [-0.1, -0.05) is 20.3 Å². The molecule has 1 aliphatic carbocycles. The summed E-state index contributed by atoms with van der Waals surface area (Å²) in [4.78, 5) is 14.4. The minimum atomic E-state index is 0.351. The summed E-state index contributed by atoms with van der Waals surface area (Å²) in [6.07, 6.45) is 5.47. The third kappa shape index (κ3) is 2.31. The van der Waals surface area contributed by atoms with E-state index in [0.29, 0.717) is 11.7 Å². The van der Waals surface area contributed by atoms with Crippen molar-refractivity contribution in [3.05, 3.63) is 21.4 Å². The average Bonchev–Trinajstić information content (AvgIpc) is 2.76. The minimum Gasteiger partial charge on any atom is -0.293 e. The lowest BCUT2D eigenvalue weighted by molar-refractivity contribution is 0.0967. The molecule has 0 saturated carbocycles. The van der Waals surface area contributed by atoms with E-state index >= 15 is 0 Å². The van der Waals surface area contributed by atoms with E-state index in [1.165, 1.54) is 29.7 Å². The van der Waals surface area contributed by atoms with Crippen LogP contribution in [0.5, 0.6) is 0 Å². The molecule has 0 N–H and O–H groups in total. The van der Waals surface area contributed by atoms with Gasteiger partial charge in [0.2, 0.25) is 0 Å². The van der Waals surface area contributed by atoms with Crippen LogP contribution in [0.3, 0.4) is 0 Å². The Kier molecular flexibility index (Phi) is 3.25. The van der Waals surface area contributed by atoms with Gasteiger partial charge in [-0.05, 0) is 36.8 Å². The van der Waals surface area contributed by atoms with Gasteiger partial charge < -0.3 is 0 Å². The van der Waals surface area contributed by atoms with Crippen molar-refractivity contribution in [2.75, 3.05) is 0 Å². The van der Waals surface area contributed by atoms with Gasteiger partial charge in [0.15, 0.2) is 5.78 Å². The summed E-state index contributed by atoms with van der Waals surface area (Å²) in [7, 11) is 0. The fourth-order valence-corrected chi connectivity index (χ4v) is 3.23. The number of hydrogen-bond acceptors (Lipinski definition) is 2. The summed E-state index contributed by atoms with van der Waals surface area (Å²) in [5.74, 6) is 0.873. The van der Waals surface area contributed by atoms with E-state index in [4.69, 9.17) is 0 Å². The van der Waals surface area contributed by atoms with Gasteiger partial charge in [-0.3, -0.25) is 4.79 Å². The van der Waals surface area contributed by atoms with Crippen LogP contribution in [0.2, 0.25) is 0 Å². The molecule has 82 valence electrons. The van der Waals surface area contributed by atoms with Crippen molar-refractivity contribution in [3.63, 3.8) is 0 Å². The normalized spacial score (nSPS) is 16.4. The standard InChI is InChI=1S/C13H18OS/c1-3-9(2)7-11(14)13-8-10-5-4-6-12(10)15-13/h8-9H,3-7H2,1-2H3. The lowest BCUT2D eigenvalue weighted by atomic mass is 10.0. The van der Waals surface area contributed by atoms with Crippen molar-refractivity contribution in [1.82, 2.24) is 0 Å². The molecule has 1 unspecified atom stereocenters. The van der Waals surface area contributed by atoms with Crippen LogP contribution in [0.4, 0.5) is 0 Å². The van der Waals surface area contributed by atoms with Crippen LogP contribution in [0, 0.1) is 5.92 Å². The maximum absolute atomic E-state index is 11.9. The third-order valence-corrected chi connectivity index (χ3v) is 4.53. The van der Waals surface area contributed by atoms with Gasteiger partial charge in [-0.25, -0.2) is 0 Å². The number of Topliss-reactive ketones (excluding diaryl/α,β-unsaturated/α-hetero) is 1. The first kappa shape index (κ1) is 10.9. The van der Waals surface area contributed by atoms with Crippen LogP contribution < -0.4 is 0 Å². The van der Waals surface area contributed by atoms with Crippen LogP contribution >= 0.6 is 11.3 Å². The van der Waals surface area contributed by atoms with Gasteiger partial charge in [-0.15, -0.1) is 11.3 Å². The van der Waals surface area contributed by atoms with E-state index in [1.807, 2.05) is 0 Å². The quantitative estimate of drug-likeness (QED) is 0.707. The van der Waals surface area contributed by atoms with Crippen LogP contribution in [0.1, 0.15) is 53.2 Å². The van der Waals surface area contributed by atoms with Crippen molar-refractivity contribution in [2.24, 2.45) is 5.92 Å². The molecule has 2 heteroatoms. The largest absolute Gasteiger partial charge is 0.293 e. The molecule has 0 spiro atoms. The molecule has 0 saturated heterocycles. The molecule has 1 nitrogen and oxygen atoms in total. The molecule has 15 heavy (non-hydrogen) atoms. The van der Waals surface area contributed by atoms with Gasteiger partial charge >= 0.3 is 0 Å². The Bertz CT molecular complexity index is 343. The molecule has 1 heterocycles. The number of ketones is 1. The van der Waals surface area contributed by atoms with E-state index in [2.05, 4.69) is 19.9 Å². The van der Waals surface area contributed by atoms with Crippen LogP contribution in [0.15, 0.2) is 6.07 Å². The van der Waals surface area contributed by atoms with Gasteiger partial charge in [0.05, 0.1) is 4.88 Å². The third-order valence-electron chi connectivity index (χ3n) is 3.25. The van der Waals surface area contributed by atoms with Crippen LogP contribution in [0.25, 0.3) is 0 Å².